The summed E-state index contributed by atoms with van der Waals surface area (Å²) in [5, 5.41) is 17.6. The molecule has 0 saturated heterocycles. The van der Waals surface area contributed by atoms with Gasteiger partial charge in [-0.25, -0.2) is 0 Å². The van der Waals surface area contributed by atoms with E-state index in [-0.39, 0.29) is 16.8 Å². The molecule has 4 N–H and O–H groups in total. The molecule has 0 fully saturated rings. The molecule has 0 saturated carbocycles. The van der Waals surface area contributed by atoms with E-state index in [4.69, 9.17) is 5.73 Å². The lowest BCUT2D eigenvalue weighted by molar-refractivity contribution is -0.384. The number of hydrogen-bond donors (Lipinski definition) is 3. The van der Waals surface area contributed by atoms with Crippen LogP contribution in [0.3, 0.4) is 0 Å². The average molecular weight is 402 g/mol. The topological polar surface area (TPSA) is 127 Å². The van der Waals surface area contributed by atoms with E-state index in [1.165, 1.54) is 35.6 Å². The number of anilines is 1. The summed E-state index contributed by atoms with van der Waals surface area (Å²) in [6.45, 7) is 8.11. The van der Waals surface area contributed by atoms with Gasteiger partial charge < -0.3 is 16.4 Å². The Bertz CT molecular complexity index is 994. The van der Waals surface area contributed by atoms with Crippen molar-refractivity contribution in [2.75, 3.05) is 5.32 Å². The number of carbonyl (C=O) groups is 2. The molecule has 0 radical (unpaired) electrons. The third kappa shape index (κ3) is 3.63. The molecular formula is C19H22N4O4S. The highest BCUT2D eigenvalue weighted by Gasteiger charge is 2.41. The first-order chi connectivity index (χ1) is 12.9. The minimum absolute atomic E-state index is 0.133. The lowest BCUT2D eigenvalue weighted by Gasteiger charge is -2.42. The SMILES string of the molecule is CC1(C)Cc2c(sc(NC(=O)c3cccc([N+](=O)[O-])c3)c2C(N)=O)C(C)(C)N1. The summed E-state index contributed by atoms with van der Waals surface area (Å²) in [5.41, 5.74) is 6.09. The van der Waals surface area contributed by atoms with Crippen molar-refractivity contribution in [1.29, 1.82) is 0 Å². The molecule has 2 heterocycles. The van der Waals surface area contributed by atoms with Crippen molar-refractivity contribution in [3.05, 3.63) is 55.9 Å². The maximum atomic E-state index is 12.7. The summed E-state index contributed by atoms with van der Waals surface area (Å²) < 4.78 is 0. The number of hydrogen-bond acceptors (Lipinski definition) is 6. The lowest BCUT2D eigenvalue weighted by atomic mass is 9.81. The van der Waals surface area contributed by atoms with Gasteiger partial charge >= 0.3 is 0 Å². The van der Waals surface area contributed by atoms with Crippen molar-refractivity contribution >= 4 is 33.8 Å². The largest absolute Gasteiger partial charge is 0.365 e. The Kier molecular flexibility index (Phi) is 4.76. The fourth-order valence-corrected chi connectivity index (χ4v) is 5.09. The zero-order valence-electron chi connectivity index (χ0n) is 16.1. The van der Waals surface area contributed by atoms with Crippen LogP contribution in [0, 0.1) is 10.1 Å². The Hall–Kier alpha value is -2.78. The molecule has 1 aliphatic heterocycles. The Morgan fingerprint density at radius 3 is 2.57 bits per heavy atom. The number of nitrogens with one attached hydrogen (secondary N) is 2. The summed E-state index contributed by atoms with van der Waals surface area (Å²) in [6, 6.07) is 5.43. The highest BCUT2D eigenvalue weighted by Crippen LogP contribution is 2.45. The number of benzene rings is 1. The number of carbonyl (C=O) groups excluding carboxylic acids is 2. The fourth-order valence-electron chi connectivity index (χ4n) is 3.81. The van der Waals surface area contributed by atoms with Crippen LogP contribution in [0.1, 0.15) is 58.9 Å². The van der Waals surface area contributed by atoms with Gasteiger partial charge in [-0.05, 0) is 45.7 Å². The molecule has 2 amide bonds. The predicted octanol–water partition coefficient (Wildman–Crippen LogP) is 3.17. The quantitative estimate of drug-likeness (QED) is 0.535. The number of nitro groups is 1. The van der Waals surface area contributed by atoms with Gasteiger partial charge in [0.25, 0.3) is 17.5 Å². The number of nitro benzene ring substituents is 1. The van der Waals surface area contributed by atoms with Gasteiger partial charge in [0.15, 0.2) is 0 Å². The van der Waals surface area contributed by atoms with E-state index in [2.05, 4.69) is 10.6 Å². The Morgan fingerprint density at radius 2 is 1.96 bits per heavy atom. The molecule has 0 atom stereocenters. The highest BCUT2D eigenvalue weighted by molar-refractivity contribution is 7.17. The zero-order chi connectivity index (χ0) is 20.9. The van der Waals surface area contributed by atoms with E-state index in [0.29, 0.717) is 17.0 Å². The minimum Gasteiger partial charge on any atom is -0.365 e. The predicted molar refractivity (Wildman–Crippen MR) is 108 cm³/mol. The van der Waals surface area contributed by atoms with Crippen molar-refractivity contribution in [3.8, 4) is 0 Å². The van der Waals surface area contributed by atoms with E-state index in [1.807, 2.05) is 27.7 Å². The Labute approximate surface area is 166 Å². The third-order valence-electron chi connectivity index (χ3n) is 4.64. The normalized spacial score (nSPS) is 16.9. The van der Waals surface area contributed by atoms with Crippen molar-refractivity contribution in [2.45, 2.75) is 45.2 Å². The highest BCUT2D eigenvalue weighted by atomic mass is 32.1. The van der Waals surface area contributed by atoms with E-state index in [1.54, 1.807) is 0 Å². The molecule has 9 heteroatoms. The number of nitrogens with zero attached hydrogens (tertiary/aromatic N) is 1. The van der Waals surface area contributed by atoms with Gasteiger partial charge in [-0.2, -0.15) is 0 Å². The second-order valence-corrected chi connectivity index (χ2v) is 9.07. The van der Waals surface area contributed by atoms with Crippen LogP contribution in [0.25, 0.3) is 0 Å². The van der Waals surface area contributed by atoms with Crippen molar-refractivity contribution < 1.29 is 14.5 Å². The van der Waals surface area contributed by atoms with Gasteiger partial charge in [0.2, 0.25) is 0 Å². The Balaban J connectivity index is 2.03. The smallest absolute Gasteiger partial charge is 0.270 e. The molecule has 3 rings (SSSR count). The molecule has 1 aromatic heterocycles. The van der Waals surface area contributed by atoms with Crippen LogP contribution >= 0.6 is 11.3 Å². The first-order valence-electron chi connectivity index (χ1n) is 8.72. The lowest BCUT2D eigenvalue weighted by Crippen LogP contribution is -2.55. The van der Waals surface area contributed by atoms with Crippen LogP contribution < -0.4 is 16.4 Å². The number of amides is 2. The zero-order valence-corrected chi connectivity index (χ0v) is 16.9. The molecule has 0 bridgehead atoms. The van der Waals surface area contributed by atoms with Gasteiger partial charge in [0.1, 0.15) is 5.00 Å². The minimum atomic E-state index is -0.611. The molecule has 28 heavy (non-hydrogen) atoms. The summed E-state index contributed by atoms with van der Waals surface area (Å²) in [7, 11) is 0. The maximum absolute atomic E-state index is 12.7. The second kappa shape index (κ2) is 6.68. The van der Waals surface area contributed by atoms with Gasteiger partial charge in [-0.15, -0.1) is 11.3 Å². The molecule has 1 aromatic carbocycles. The van der Waals surface area contributed by atoms with Crippen LogP contribution in [-0.2, 0) is 12.0 Å². The van der Waals surface area contributed by atoms with Crippen molar-refractivity contribution in [1.82, 2.24) is 5.32 Å². The van der Waals surface area contributed by atoms with Crippen LogP contribution in [0.15, 0.2) is 24.3 Å². The molecular weight excluding hydrogens is 380 g/mol. The summed E-state index contributed by atoms with van der Waals surface area (Å²) >= 11 is 1.30. The monoisotopic (exact) mass is 402 g/mol. The molecule has 148 valence electrons. The third-order valence-corrected chi connectivity index (χ3v) is 6.11. The number of rotatable bonds is 4. The maximum Gasteiger partial charge on any atom is 0.270 e. The van der Waals surface area contributed by atoms with Crippen LogP contribution in [-0.4, -0.2) is 22.3 Å². The van der Waals surface area contributed by atoms with E-state index >= 15 is 0 Å². The second-order valence-electron chi connectivity index (χ2n) is 8.05. The van der Waals surface area contributed by atoms with Gasteiger partial charge in [0.05, 0.1) is 10.5 Å². The van der Waals surface area contributed by atoms with E-state index < -0.39 is 22.3 Å². The number of non-ortho nitro benzene ring substituents is 1. The first-order valence-corrected chi connectivity index (χ1v) is 9.54. The van der Waals surface area contributed by atoms with Crippen LogP contribution in [0.4, 0.5) is 10.7 Å². The van der Waals surface area contributed by atoms with Crippen molar-refractivity contribution in [3.63, 3.8) is 0 Å². The summed E-state index contributed by atoms with van der Waals surface area (Å²) in [5.74, 6) is -1.14. The molecule has 8 nitrogen and oxygen atoms in total. The number of thiophene rings is 1. The van der Waals surface area contributed by atoms with Crippen molar-refractivity contribution in [2.24, 2.45) is 5.73 Å². The molecule has 0 spiro atoms. The summed E-state index contributed by atoms with van der Waals surface area (Å²) in [4.78, 5) is 36.2. The first kappa shape index (κ1) is 20.0. The number of fused-ring (bicyclic) bond motifs is 1. The molecule has 0 aliphatic carbocycles. The fraction of sp³-hybridized carbons (Fsp3) is 0.368. The number of primary amides is 1. The van der Waals surface area contributed by atoms with Gasteiger partial charge in [-0.3, -0.25) is 19.7 Å². The number of nitrogens with two attached hydrogens (primary N) is 1. The van der Waals surface area contributed by atoms with E-state index in [9.17, 15) is 19.7 Å². The van der Waals surface area contributed by atoms with Gasteiger partial charge in [-0.1, -0.05) is 6.07 Å². The molecule has 2 aromatic rings. The summed E-state index contributed by atoms with van der Waals surface area (Å²) in [6.07, 6.45) is 0.590. The van der Waals surface area contributed by atoms with Gasteiger partial charge in [0, 0.05) is 33.7 Å². The van der Waals surface area contributed by atoms with Crippen LogP contribution in [0.5, 0.6) is 0 Å². The molecule has 1 aliphatic rings. The van der Waals surface area contributed by atoms with Crippen LogP contribution in [0.2, 0.25) is 0 Å². The molecule has 0 unspecified atom stereocenters. The Morgan fingerprint density at radius 1 is 1.29 bits per heavy atom. The van der Waals surface area contributed by atoms with E-state index in [0.717, 1.165) is 10.4 Å². The average Bonchev–Trinajstić information content (AvgIpc) is 2.91. The standard InChI is InChI=1S/C19H22N4O4S/c1-18(2)9-12-13(15(20)24)17(28-14(12)19(3,4)22-18)21-16(25)10-6-5-7-11(8-10)23(26)27/h5-8,22H,9H2,1-4H3,(H2,20,24)(H,21,25).